The number of nitrogens with one attached hydrogen (secondary N) is 1. The fraction of sp³-hybridized carbons (Fsp3) is 0.333. The van der Waals surface area contributed by atoms with Gasteiger partial charge < -0.3 is 15.4 Å². The number of anilines is 1. The van der Waals surface area contributed by atoms with E-state index in [9.17, 15) is 10.0 Å². The van der Waals surface area contributed by atoms with Crippen LogP contribution >= 0.6 is 11.8 Å². The second-order valence-corrected chi connectivity index (χ2v) is 6.72. The van der Waals surface area contributed by atoms with E-state index in [1.54, 1.807) is 18.2 Å². The van der Waals surface area contributed by atoms with Gasteiger partial charge >= 0.3 is 0 Å². The number of benzene rings is 1. The van der Waals surface area contributed by atoms with E-state index in [2.05, 4.69) is 34.5 Å². The molecule has 0 saturated heterocycles. The van der Waals surface area contributed by atoms with Gasteiger partial charge in [-0.15, -0.1) is 0 Å². The van der Waals surface area contributed by atoms with Crippen molar-refractivity contribution < 1.29 is 9.52 Å². The van der Waals surface area contributed by atoms with E-state index < -0.39 is 0 Å². The number of fused-ring (bicyclic) bond motifs is 1. The van der Waals surface area contributed by atoms with Crippen LogP contribution in [0.2, 0.25) is 0 Å². The lowest BCUT2D eigenvalue weighted by atomic mass is 10.0. The number of carbonyl (C=O) groups excluding carboxylic acids is 1. The number of rotatable bonds is 6. The highest BCUT2D eigenvalue weighted by molar-refractivity contribution is 7.99. The summed E-state index contributed by atoms with van der Waals surface area (Å²) in [4.78, 5) is 14.3. The van der Waals surface area contributed by atoms with Crippen LogP contribution in [0.1, 0.15) is 12.0 Å². The highest BCUT2D eigenvalue weighted by Crippen LogP contribution is 2.25. The molecule has 6 heteroatoms. The summed E-state index contributed by atoms with van der Waals surface area (Å²) in [7, 11) is 0. The molecule has 0 unspecified atom stereocenters. The van der Waals surface area contributed by atoms with Gasteiger partial charge in [-0.2, -0.15) is 4.73 Å². The lowest BCUT2D eigenvalue weighted by molar-refractivity contribution is -0.645. The Kier molecular flexibility index (Phi) is 5.59. The van der Waals surface area contributed by atoms with Gasteiger partial charge in [0.1, 0.15) is 0 Å². The Hall–Kier alpha value is -2.21. The van der Waals surface area contributed by atoms with Crippen LogP contribution in [0.3, 0.4) is 0 Å². The Morgan fingerprint density at radius 3 is 2.96 bits per heavy atom. The van der Waals surface area contributed by atoms with Crippen LogP contribution in [0.4, 0.5) is 5.69 Å². The van der Waals surface area contributed by atoms with Crippen LogP contribution in [-0.2, 0) is 11.2 Å². The number of pyridine rings is 1. The summed E-state index contributed by atoms with van der Waals surface area (Å²) in [5, 5.41) is 15.0. The van der Waals surface area contributed by atoms with Crippen molar-refractivity contribution in [1.29, 1.82) is 0 Å². The first-order chi connectivity index (χ1) is 11.7. The molecule has 1 aliphatic rings. The first-order valence-electron chi connectivity index (χ1n) is 8.14. The fourth-order valence-corrected chi connectivity index (χ4v) is 3.63. The molecule has 1 aromatic carbocycles. The smallest absolute Gasteiger partial charge is 0.251 e. The molecule has 3 rings (SSSR count). The van der Waals surface area contributed by atoms with Gasteiger partial charge in [-0.3, -0.25) is 4.79 Å². The lowest BCUT2D eigenvalue weighted by Gasteiger charge is -2.31. The minimum atomic E-state index is -0.0471. The van der Waals surface area contributed by atoms with Crippen molar-refractivity contribution in [3.8, 4) is 0 Å². The topological polar surface area (TPSA) is 59.3 Å². The van der Waals surface area contributed by atoms with Gasteiger partial charge in [0, 0.05) is 37.5 Å². The molecular weight excluding hydrogens is 322 g/mol. The third-order valence-corrected chi connectivity index (χ3v) is 5.07. The molecule has 2 heterocycles. The number of carbonyl (C=O) groups is 1. The molecule has 0 atom stereocenters. The monoisotopic (exact) mass is 343 g/mol. The molecule has 1 aliphatic heterocycles. The zero-order valence-electron chi connectivity index (χ0n) is 13.5. The third-order valence-electron chi connectivity index (χ3n) is 4.05. The van der Waals surface area contributed by atoms with E-state index >= 15 is 0 Å². The van der Waals surface area contributed by atoms with Gasteiger partial charge in [0.25, 0.3) is 5.03 Å². The van der Waals surface area contributed by atoms with Crippen LogP contribution in [0.5, 0.6) is 0 Å². The summed E-state index contributed by atoms with van der Waals surface area (Å²) >= 11 is 1.25. The molecular formula is C18H21N3O2S. The summed E-state index contributed by atoms with van der Waals surface area (Å²) in [5.41, 5.74) is 2.67. The predicted molar refractivity (Wildman–Crippen MR) is 96.1 cm³/mol. The molecule has 0 spiro atoms. The number of hydrogen-bond acceptors (Lipinski definition) is 4. The van der Waals surface area contributed by atoms with Crippen molar-refractivity contribution in [2.75, 3.05) is 30.3 Å². The van der Waals surface area contributed by atoms with E-state index in [-0.39, 0.29) is 11.7 Å². The summed E-state index contributed by atoms with van der Waals surface area (Å²) in [6.07, 6.45) is 3.72. The minimum absolute atomic E-state index is 0.0471. The van der Waals surface area contributed by atoms with E-state index in [0.717, 1.165) is 30.7 Å². The average molecular weight is 343 g/mol. The van der Waals surface area contributed by atoms with Crippen molar-refractivity contribution in [2.24, 2.45) is 0 Å². The molecule has 0 fully saturated rings. The number of amides is 1. The van der Waals surface area contributed by atoms with Crippen molar-refractivity contribution in [3.63, 3.8) is 0 Å². The lowest BCUT2D eigenvalue weighted by Crippen LogP contribution is -2.38. The van der Waals surface area contributed by atoms with Gasteiger partial charge in [-0.05, 0) is 42.3 Å². The van der Waals surface area contributed by atoms with Crippen molar-refractivity contribution >= 4 is 23.4 Å². The van der Waals surface area contributed by atoms with Crippen molar-refractivity contribution in [2.45, 2.75) is 17.9 Å². The van der Waals surface area contributed by atoms with Gasteiger partial charge in [0.05, 0.1) is 5.75 Å². The minimum Gasteiger partial charge on any atom is -0.618 e. The van der Waals surface area contributed by atoms with Crippen LogP contribution < -0.4 is 14.9 Å². The van der Waals surface area contributed by atoms with E-state index in [1.165, 1.54) is 29.2 Å². The summed E-state index contributed by atoms with van der Waals surface area (Å²) in [5.74, 6) is 0.206. The van der Waals surface area contributed by atoms with Crippen LogP contribution in [0, 0.1) is 5.21 Å². The van der Waals surface area contributed by atoms with Crippen molar-refractivity contribution in [1.82, 2.24) is 5.32 Å². The van der Waals surface area contributed by atoms with Crippen LogP contribution in [-0.4, -0.2) is 31.3 Å². The predicted octanol–water partition coefficient (Wildman–Crippen LogP) is 1.98. The maximum Gasteiger partial charge on any atom is 0.251 e. The normalized spacial score (nSPS) is 13.4. The molecule has 0 saturated carbocycles. The second kappa shape index (κ2) is 8.06. The largest absolute Gasteiger partial charge is 0.618 e. The Morgan fingerprint density at radius 1 is 1.25 bits per heavy atom. The summed E-state index contributed by atoms with van der Waals surface area (Å²) in [6, 6.07) is 13.6. The zero-order valence-corrected chi connectivity index (χ0v) is 14.3. The fourth-order valence-electron chi connectivity index (χ4n) is 2.89. The zero-order chi connectivity index (χ0) is 16.8. The molecule has 24 heavy (non-hydrogen) atoms. The van der Waals surface area contributed by atoms with Gasteiger partial charge in [0.2, 0.25) is 5.91 Å². The number of aryl methyl sites for hydroxylation is 1. The standard InChI is InChI=1S/C18H21N3O2S/c22-17(14-24-18-9-3-4-12-21(18)23)19-10-13-20-11-5-7-15-6-1-2-8-16(15)20/h1-4,6,8-9,12H,5,7,10-11,13-14H2,(H,19,22). The quantitative estimate of drug-likeness (QED) is 0.495. The molecule has 5 nitrogen and oxygen atoms in total. The molecule has 126 valence electrons. The average Bonchev–Trinajstić information content (AvgIpc) is 2.61. The number of nitrogens with zero attached hydrogens (tertiary/aromatic N) is 2. The highest BCUT2D eigenvalue weighted by atomic mass is 32.2. The number of hydrogen-bond donors (Lipinski definition) is 1. The van der Waals surface area contributed by atoms with Gasteiger partial charge in [-0.1, -0.05) is 18.2 Å². The van der Waals surface area contributed by atoms with E-state index in [1.807, 2.05) is 0 Å². The van der Waals surface area contributed by atoms with E-state index in [0.29, 0.717) is 11.6 Å². The molecule has 0 bridgehead atoms. The summed E-state index contributed by atoms with van der Waals surface area (Å²) in [6.45, 7) is 2.45. The van der Waals surface area contributed by atoms with Gasteiger partial charge in [0.15, 0.2) is 6.20 Å². The molecule has 1 N–H and O–H groups in total. The Bertz CT molecular complexity index is 708. The van der Waals surface area contributed by atoms with Crippen LogP contribution in [0.15, 0.2) is 53.7 Å². The molecule has 2 aromatic rings. The SMILES string of the molecule is O=C(CSc1cccc[n+]1[O-])NCCN1CCCc2ccccc21. The number of para-hydroxylation sites is 1. The second-order valence-electron chi connectivity index (χ2n) is 5.72. The molecule has 1 aromatic heterocycles. The highest BCUT2D eigenvalue weighted by Gasteiger charge is 2.16. The number of aromatic nitrogens is 1. The third kappa shape index (κ3) is 4.20. The summed E-state index contributed by atoms with van der Waals surface area (Å²) < 4.78 is 0.780. The Morgan fingerprint density at radius 2 is 2.08 bits per heavy atom. The van der Waals surface area contributed by atoms with Crippen molar-refractivity contribution in [3.05, 3.63) is 59.4 Å². The molecule has 0 radical (unpaired) electrons. The van der Waals surface area contributed by atoms with E-state index in [4.69, 9.17) is 0 Å². The number of thioether (sulfide) groups is 1. The molecule has 1 amide bonds. The maximum absolute atomic E-state index is 12.0. The van der Waals surface area contributed by atoms with Crippen LogP contribution in [0.25, 0.3) is 0 Å². The first kappa shape index (κ1) is 16.6. The Balaban J connectivity index is 1.44. The maximum atomic E-state index is 12.0. The molecule has 0 aliphatic carbocycles. The Labute approximate surface area is 146 Å². The van der Waals surface area contributed by atoms with Gasteiger partial charge in [-0.25, -0.2) is 0 Å². The first-order valence-corrected chi connectivity index (χ1v) is 9.13.